The van der Waals surface area contributed by atoms with Crippen molar-refractivity contribution in [2.24, 2.45) is 0 Å². The maximum atomic E-state index is 4.89. The van der Waals surface area contributed by atoms with Crippen molar-refractivity contribution >= 4 is 11.9 Å². The minimum Gasteiger partial charge on any atom is -0.466 e. The Balaban J connectivity index is 1.93. The van der Waals surface area contributed by atoms with Crippen LogP contribution in [0, 0.1) is 0 Å². The maximum absolute atomic E-state index is 4.89. The molecule has 0 saturated carbocycles. The van der Waals surface area contributed by atoms with Gasteiger partial charge in [0.15, 0.2) is 0 Å². The molecule has 5 heteroatoms. The number of ether oxygens (including phenoxy) is 1. The minimum absolute atomic E-state index is 0.399. The van der Waals surface area contributed by atoms with Crippen LogP contribution in [0.1, 0.15) is 5.56 Å². The fourth-order valence-corrected chi connectivity index (χ4v) is 1.82. The van der Waals surface area contributed by atoms with E-state index < -0.39 is 0 Å². The molecule has 0 bridgehead atoms. The van der Waals surface area contributed by atoms with E-state index in [1.54, 1.807) is 29.5 Å². The summed E-state index contributed by atoms with van der Waals surface area (Å²) in [5.74, 6) is 0.868. The summed E-state index contributed by atoms with van der Waals surface area (Å²) in [7, 11) is 1.56. The average Bonchev–Trinajstić information content (AvgIpc) is 2.76. The van der Waals surface area contributed by atoms with E-state index in [2.05, 4.69) is 22.2 Å². The summed E-state index contributed by atoms with van der Waals surface area (Å²) in [4.78, 5) is 3.96. The van der Waals surface area contributed by atoms with Crippen LogP contribution < -0.4 is 4.74 Å². The highest BCUT2D eigenvalue weighted by molar-refractivity contribution is 7.96. The van der Waals surface area contributed by atoms with Crippen LogP contribution in [0.3, 0.4) is 0 Å². The third kappa shape index (κ3) is 2.73. The highest BCUT2D eigenvalue weighted by Crippen LogP contribution is 2.14. The van der Waals surface area contributed by atoms with Gasteiger partial charge >= 0.3 is 6.01 Å². The molecule has 2 rings (SSSR count). The van der Waals surface area contributed by atoms with Gasteiger partial charge in [-0.15, -0.1) is 5.10 Å². The number of benzene rings is 1. The van der Waals surface area contributed by atoms with E-state index in [4.69, 9.17) is 4.74 Å². The molecule has 0 atom stereocenters. The average molecular weight is 221 g/mol. The van der Waals surface area contributed by atoms with Crippen LogP contribution in [0.2, 0.25) is 0 Å². The standard InChI is InChI=1S/C10H11N3OS/c1-14-10-11-8-13(12-10)15-7-9-5-3-2-4-6-9/h2-6,8H,7H2,1H3. The molecule has 1 aromatic heterocycles. The molecule has 78 valence electrons. The first kappa shape index (κ1) is 10.0. The van der Waals surface area contributed by atoms with Crippen LogP contribution in [0.15, 0.2) is 36.7 Å². The fraction of sp³-hybridized carbons (Fsp3) is 0.200. The molecule has 15 heavy (non-hydrogen) atoms. The van der Waals surface area contributed by atoms with Crippen molar-refractivity contribution in [3.8, 4) is 6.01 Å². The third-order valence-corrected chi connectivity index (χ3v) is 2.74. The highest BCUT2D eigenvalue weighted by atomic mass is 32.2. The first-order chi connectivity index (χ1) is 7.38. The number of hydrogen-bond acceptors (Lipinski definition) is 4. The lowest BCUT2D eigenvalue weighted by Gasteiger charge is -1.99. The van der Waals surface area contributed by atoms with Crippen molar-refractivity contribution < 1.29 is 4.74 Å². The second-order valence-corrected chi connectivity index (χ2v) is 3.81. The molecular weight excluding hydrogens is 210 g/mol. The second-order valence-electron chi connectivity index (χ2n) is 2.89. The molecule has 1 heterocycles. The molecular formula is C10H11N3OS. The zero-order valence-corrected chi connectivity index (χ0v) is 9.15. The smallest absolute Gasteiger partial charge is 0.336 e. The van der Waals surface area contributed by atoms with Gasteiger partial charge in [0, 0.05) is 5.75 Å². The van der Waals surface area contributed by atoms with Gasteiger partial charge in [-0.25, -0.2) is 0 Å². The predicted molar refractivity (Wildman–Crippen MR) is 59.7 cm³/mol. The van der Waals surface area contributed by atoms with Crippen molar-refractivity contribution in [2.45, 2.75) is 5.75 Å². The van der Waals surface area contributed by atoms with Gasteiger partial charge in [0.25, 0.3) is 0 Å². The predicted octanol–water partition coefficient (Wildman–Crippen LogP) is 1.98. The Morgan fingerprint density at radius 3 is 2.80 bits per heavy atom. The zero-order chi connectivity index (χ0) is 10.5. The summed E-state index contributed by atoms with van der Waals surface area (Å²) >= 11 is 1.57. The van der Waals surface area contributed by atoms with Crippen LogP contribution in [0.5, 0.6) is 6.01 Å². The first-order valence-corrected chi connectivity index (χ1v) is 5.45. The van der Waals surface area contributed by atoms with E-state index in [0.717, 1.165) is 5.75 Å². The molecule has 4 nitrogen and oxygen atoms in total. The van der Waals surface area contributed by atoms with Crippen molar-refractivity contribution in [2.75, 3.05) is 7.11 Å². The zero-order valence-electron chi connectivity index (χ0n) is 8.33. The van der Waals surface area contributed by atoms with Gasteiger partial charge in [-0.05, 0) is 17.5 Å². The van der Waals surface area contributed by atoms with Crippen LogP contribution in [0.4, 0.5) is 0 Å². The van der Waals surface area contributed by atoms with Gasteiger partial charge in [0.05, 0.1) is 7.11 Å². The lowest BCUT2D eigenvalue weighted by Crippen LogP contribution is -1.90. The van der Waals surface area contributed by atoms with E-state index in [0.29, 0.717) is 6.01 Å². The summed E-state index contributed by atoms with van der Waals surface area (Å²) in [5, 5.41) is 4.09. The van der Waals surface area contributed by atoms with Gasteiger partial charge in [-0.3, -0.25) is 0 Å². The fourth-order valence-electron chi connectivity index (χ4n) is 1.11. The quantitative estimate of drug-likeness (QED) is 0.791. The van der Waals surface area contributed by atoms with Gasteiger partial charge in [-0.2, -0.15) is 9.07 Å². The largest absolute Gasteiger partial charge is 0.466 e. The molecule has 0 amide bonds. The molecule has 0 aliphatic carbocycles. The Labute approximate surface area is 92.4 Å². The molecule has 0 N–H and O–H groups in total. The Hall–Kier alpha value is -1.49. The van der Waals surface area contributed by atoms with Crippen molar-refractivity contribution in [3.63, 3.8) is 0 Å². The number of methoxy groups -OCH3 is 1. The first-order valence-electron chi connectivity index (χ1n) is 4.51. The molecule has 2 aromatic rings. The van der Waals surface area contributed by atoms with Crippen LogP contribution in [-0.2, 0) is 5.75 Å². The summed E-state index contributed by atoms with van der Waals surface area (Å²) < 4.78 is 6.59. The molecule has 0 unspecified atom stereocenters. The van der Waals surface area contributed by atoms with E-state index >= 15 is 0 Å². The van der Waals surface area contributed by atoms with Crippen molar-refractivity contribution in [1.29, 1.82) is 0 Å². The van der Waals surface area contributed by atoms with E-state index in [-0.39, 0.29) is 0 Å². The summed E-state index contributed by atoms with van der Waals surface area (Å²) in [6, 6.07) is 10.6. The van der Waals surface area contributed by atoms with Crippen molar-refractivity contribution in [3.05, 3.63) is 42.2 Å². The molecule has 0 aliphatic heterocycles. The number of aromatic nitrogens is 3. The molecule has 0 radical (unpaired) electrons. The van der Waals surface area contributed by atoms with Crippen LogP contribution >= 0.6 is 11.9 Å². The summed E-state index contributed by atoms with van der Waals surface area (Å²) in [6.07, 6.45) is 1.65. The van der Waals surface area contributed by atoms with Crippen LogP contribution in [-0.4, -0.2) is 21.3 Å². The number of hydrogen-bond donors (Lipinski definition) is 0. The molecule has 1 aromatic carbocycles. The third-order valence-electron chi connectivity index (χ3n) is 1.84. The van der Waals surface area contributed by atoms with Crippen LogP contribution in [0.25, 0.3) is 0 Å². The Morgan fingerprint density at radius 1 is 1.33 bits per heavy atom. The SMILES string of the molecule is COc1ncn(SCc2ccccc2)n1. The lowest BCUT2D eigenvalue weighted by atomic mass is 10.2. The summed E-state index contributed by atoms with van der Waals surface area (Å²) in [5.41, 5.74) is 1.26. The summed E-state index contributed by atoms with van der Waals surface area (Å²) in [6.45, 7) is 0. The van der Waals surface area contributed by atoms with Gasteiger partial charge < -0.3 is 4.74 Å². The van der Waals surface area contributed by atoms with E-state index in [1.807, 2.05) is 18.2 Å². The van der Waals surface area contributed by atoms with Crippen molar-refractivity contribution in [1.82, 2.24) is 14.2 Å². The monoisotopic (exact) mass is 221 g/mol. The maximum Gasteiger partial charge on any atom is 0.336 e. The lowest BCUT2D eigenvalue weighted by molar-refractivity contribution is 0.381. The second kappa shape index (κ2) is 4.84. The Kier molecular flexibility index (Phi) is 3.24. The Bertz CT molecular complexity index is 416. The number of nitrogens with zero attached hydrogens (tertiary/aromatic N) is 3. The topological polar surface area (TPSA) is 39.9 Å². The minimum atomic E-state index is 0.399. The van der Waals surface area contributed by atoms with Gasteiger partial charge in [0.1, 0.15) is 6.33 Å². The molecule has 0 fully saturated rings. The van der Waals surface area contributed by atoms with Gasteiger partial charge in [-0.1, -0.05) is 30.3 Å². The molecule has 0 saturated heterocycles. The molecule has 0 aliphatic rings. The Morgan fingerprint density at radius 2 is 2.13 bits per heavy atom. The van der Waals surface area contributed by atoms with E-state index in [1.165, 1.54) is 5.56 Å². The highest BCUT2D eigenvalue weighted by Gasteiger charge is 2.00. The van der Waals surface area contributed by atoms with Gasteiger partial charge in [0.2, 0.25) is 0 Å². The number of rotatable bonds is 4. The molecule has 0 spiro atoms. The normalized spacial score (nSPS) is 10.2. The van der Waals surface area contributed by atoms with E-state index in [9.17, 15) is 0 Å².